The van der Waals surface area contributed by atoms with Gasteiger partial charge in [-0.1, -0.05) is 6.92 Å². The van der Waals surface area contributed by atoms with Crippen LogP contribution in [0, 0.1) is 0 Å². The zero-order chi connectivity index (χ0) is 13.0. The molecular formula is C12H25NO3. The molecule has 0 heterocycles. The molecule has 0 fully saturated rings. The van der Waals surface area contributed by atoms with Crippen LogP contribution in [0.15, 0.2) is 0 Å². The monoisotopic (exact) mass is 231 g/mol. The number of hydrogen-bond donors (Lipinski definition) is 2. The Hall–Kier alpha value is -0.610. The third kappa shape index (κ3) is 4.94. The molecule has 4 nitrogen and oxygen atoms in total. The fraction of sp³-hybridized carbons (Fsp3) is 0.917. The molecule has 0 aromatic rings. The van der Waals surface area contributed by atoms with Crippen molar-refractivity contribution in [2.45, 2.75) is 65.1 Å². The van der Waals surface area contributed by atoms with Crippen LogP contribution in [0.1, 0.15) is 48.0 Å². The van der Waals surface area contributed by atoms with E-state index < -0.39 is 11.5 Å². The van der Waals surface area contributed by atoms with Gasteiger partial charge in [-0.05, 0) is 41.0 Å². The standard InChI is InChI=1S/C12H25NO3/c1-7-11(4,5)16-8-12(6,10(14)15)13-9(2)3/h9,13H,7-8H2,1-6H3,(H,14,15). The van der Waals surface area contributed by atoms with Crippen molar-refractivity contribution in [1.82, 2.24) is 5.32 Å². The summed E-state index contributed by atoms with van der Waals surface area (Å²) >= 11 is 0. The Balaban J connectivity index is 4.52. The van der Waals surface area contributed by atoms with Crippen molar-refractivity contribution >= 4 is 5.97 Å². The Morgan fingerprint density at radius 2 is 1.88 bits per heavy atom. The number of carboxylic acids is 1. The first-order valence-corrected chi connectivity index (χ1v) is 5.78. The van der Waals surface area contributed by atoms with E-state index in [2.05, 4.69) is 5.32 Å². The third-order valence-corrected chi connectivity index (χ3v) is 2.68. The van der Waals surface area contributed by atoms with Gasteiger partial charge in [0.05, 0.1) is 12.2 Å². The van der Waals surface area contributed by atoms with Gasteiger partial charge in [-0.25, -0.2) is 0 Å². The molecule has 0 spiro atoms. The third-order valence-electron chi connectivity index (χ3n) is 2.68. The second-order valence-electron chi connectivity index (χ2n) is 5.34. The van der Waals surface area contributed by atoms with Gasteiger partial charge in [0, 0.05) is 6.04 Å². The summed E-state index contributed by atoms with van der Waals surface area (Å²) in [6.45, 7) is 11.6. The molecule has 4 heteroatoms. The fourth-order valence-corrected chi connectivity index (χ4v) is 1.24. The van der Waals surface area contributed by atoms with E-state index in [1.54, 1.807) is 6.92 Å². The van der Waals surface area contributed by atoms with Crippen LogP contribution in [0.3, 0.4) is 0 Å². The molecule has 1 unspecified atom stereocenters. The van der Waals surface area contributed by atoms with Gasteiger partial charge in [-0.3, -0.25) is 10.1 Å². The van der Waals surface area contributed by atoms with E-state index in [1.165, 1.54) is 0 Å². The summed E-state index contributed by atoms with van der Waals surface area (Å²) in [5.74, 6) is -0.881. The Morgan fingerprint density at radius 3 is 2.19 bits per heavy atom. The second-order valence-corrected chi connectivity index (χ2v) is 5.34. The molecule has 0 aromatic heterocycles. The predicted octanol–water partition coefficient (Wildman–Crippen LogP) is 2.03. The van der Waals surface area contributed by atoms with E-state index >= 15 is 0 Å². The molecule has 0 saturated heterocycles. The van der Waals surface area contributed by atoms with Gasteiger partial charge >= 0.3 is 5.97 Å². The van der Waals surface area contributed by atoms with Crippen molar-refractivity contribution in [3.63, 3.8) is 0 Å². The zero-order valence-electron chi connectivity index (χ0n) is 11.3. The van der Waals surface area contributed by atoms with Crippen LogP contribution >= 0.6 is 0 Å². The topological polar surface area (TPSA) is 58.6 Å². The van der Waals surface area contributed by atoms with E-state index in [-0.39, 0.29) is 18.2 Å². The van der Waals surface area contributed by atoms with Crippen molar-refractivity contribution in [1.29, 1.82) is 0 Å². The van der Waals surface area contributed by atoms with E-state index in [9.17, 15) is 9.90 Å². The van der Waals surface area contributed by atoms with Crippen LogP contribution in [-0.2, 0) is 9.53 Å². The van der Waals surface area contributed by atoms with Gasteiger partial charge in [0.25, 0.3) is 0 Å². The average molecular weight is 231 g/mol. The summed E-state index contributed by atoms with van der Waals surface area (Å²) in [6.07, 6.45) is 0.852. The van der Waals surface area contributed by atoms with Gasteiger partial charge in [-0.2, -0.15) is 0 Å². The Kier molecular flexibility index (Phi) is 5.42. The molecular weight excluding hydrogens is 206 g/mol. The van der Waals surface area contributed by atoms with Crippen LogP contribution in [0.2, 0.25) is 0 Å². The number of aliphatic carboxylic acids is 1. The maximum Gasteiger partial charge on any atom is 0.326 e. The minimum atomic E-state index is -1.03. The Morgan fingerprint density at radius 1 is 1.38 bits per heavy atom. The normalized spacial score (nSPS) is 16.2. The van der Waals surface area contributed by atoms with Crippen molar-refractivity contribution in [2.24, 2.45) is 0 Å². The Labute approximate surface area is 98.4 Å². The summed E-state index contributed by atoms with van der Waals surface area (Å²) in [7, 11) is 0. The highest BCUT2D eigenvalue weighted by atomic mass is 16.5. The first kappa shape index (κ1) is 15.4. The van der Waals surface area contributed by atoms with E-state index in [4.69, 9.17) is 4.74 Å². The van der Waals surface area contributed by atoms with E-state index in [1.807, 2.05) is 34.6 Å². The number of rotatable bonds is 7. The molecule has 1 atom stereocenters. The SMILES string of the molecule is CCC(C)(C)OCC(C)(NC(C)C)C(=O)O. The minimum absolute atomic E-state index is 0.106. The smallest absolute Gasteiger partial charge is 0.326 e. The summed E-state index contributed by atoms with van der Waals surface area (Å²) in [5.41, 5.74) is -1.31. The van der Waals surface area contributed by atoms with Gasteiger partial charge < -0.3 is 9.84 Å². The summed E-state index contributed by atoms with van der Waals surface area (Å²) in [4.78, 5) is 11.2. The van der Waals surface area contributed by atoms with Crippen LogP contribution in [0.25, 0.3) is 0 Å². The lowest BCUT2D eigenvalue weighted by atomic mass is 10.0. The van der Waals surface area contributed by atoms with Crippen molar-refractivity contribution < 1.29 is 14.6 Å². The molecule has 0 rings (SSSR count). The first-order chi connectivity index (χ1) is 7.13. The van der Waals surface area contributed by atoms with Crippen molar-refractivity contribution in [3.8, 4) is 0 Å². The molecule has 2 N–H and O–H groups in total. The lowest BCUT2D eigenvalue weighted by molar-refractivity contribution is -0.150. The van der Waals surface area contributed by atoms with Gasteiger partial charge in [0.2, 0.25) is 0 Å². The lowest BCUT2D eigenvalue weighted by Gasteiger charge is -2.33. The van der Waals surface area contributed by atoms with Gasteiger partial charge in [0.1, 0.15) is 5.54 Å². The number of carbonyl (C=O) groups is 1. The molecule has 0 aromatic carbocycles. The summed E-state index contributed by atoms with van der Waals surface area (Å²) in [6, 6.07) is 0.106. The zero-order valence-corrected chi connectivity index (χ0v) is 11.3. The van der Waals surface area contributed by atoms with Crippen LogP contribution in [0.5, 0.6) is 0 Å². The number of hydrogen-bond acceptors (Lipinski definition) is 3. The van der Waals surface area contributed by atoms with Crippen LogP contribution in [-0.4, -0.2) is 34.9 Å². The molecule has 0 bridgehead atoms. The quantitative estimate of drug-likeness (QED) is 0.704. The summed E-state index contributed by atoms with van der Waals surface area (Å²) in [5, 5.41) is 12.2. The molecule has 0 radical (unpaired) electrons. The van der Waals surface area contributed by atoms with E-state index in [0.29, 0.717) is 0 Å². The molecule has 96 valence electrons. The molecule has 0 aliphatic carbocycles. The van der Waals surface area contributed by atoms with Crippen molar-refractivity contribution in [3.05, 3.63) is 0 Å². The largest absolute Gasteiger partial charge is 0.480 e. The second kappa shape index (κ2) is 5.64. The van der Waals surface area contributed by atoms with Crippen molar-refractivity contribution in [2.75, 3.05) is 6.61 Å². The number of nitrogens with one attached hydrogen (secondary N) is 1. The maximum atomic E-state index is 11.2. The van der Waals surface area contributed by atoms with Crippen LogP contribution < -0.4 is 5.32 Å². The fourth-order valence-electron chi connectivity index (χ4n) is 1.24. The predicted molar refractivity (Wildman–Crippen MR) is 64.6 cm³/mol. The maximum absolute atomic E-state index is 11.2. The summed E-state index contributed by atoms with van der Waals surface area (Å²) < 4.78 is 5.66. The van der Waals surface area contributed by atoms with Gasteiger partial charge in [-0.15, -0.1) is 0 Å². The van der Waals surface area contributed by atoms with Crippen LogP contribution in [0.4, 0.5) is 0 Å². The highest BCUT2D eigenvalue weighted by Gasteiger charge is 2.35. The first-order valence-electron chi connectivity index (χ1n) is 5.78. The number of ether oxygens (including phenoxy) is 1. The number of carboxylic acid groups (broad SMARTS) is 1. The highest BCUT2D eigenvalue weighted by molar-refractivity contribution is 5.78. The van der Waals surface area contributed by atoms with E-state index in [0.717, 1.165) is 6.42 Å². The molecule has 0 aliphatic heterocycles. The van der Waals surface area contributed by atoms with Gasteiger partial charge in [0.15, 0.2) is 0 Å². The molecule has 0 amide bonds. The minimum Gasteiger partial charge on any atom is -0.480 e. The molecule has 16 heavy (non-hydrogen) atoms. The Bertz CT molecular complexity index is 238. The lowest BCUT2D eigenvalue weighted by Crippen LogP contribution is -2.56. The molecule has 0 saturated carbocycles. The molecule has 0 aliphatic rings. The average Bonchev–Trinajstić information content (AvgIpc) is 2.14. The highest BCUT2D eigenvalue weighted by Crippen LogP contribution is 2.17.